The van der Waals surface area contributed by atoms with Crippen LogP contribution in [0.25, 0.3) is 0 Å². The first-order valence-corrected chi connectivity index (χ1v) is 4.18. The summed E-state index contributed by atoms with van der Waals surface area (Å²) in [6, 6.07) is 0. The first-order valence-electron chi connectivity index (χ1n) is 4.18. The highest BCUT2D eigenvalue weighted by atomic mass is 16.6. The Hall–Kier alpha value is -0.0800. The average molecular weight is 140 g/mol. The van der Waals surface area contributed by atoms with Crippen molar-refractivity contribution in [3.63, 3.8) is 0 Å². The molecule has 0 radical (unpaired) electrons. The highest BCUT2D eigenvalue weighted by Gasteiger charge is 2.50. The van der Waals surface area contributed by atoms with Gasteiger partial charge in [0.2, 0.25) is 0 Å². The van der Waals surface area contributed by atoms with Crippen LogP contribution in [-0.2, 0) is 9.47 Å². The van der Waals surface area contributed by atoms with Crippen molar-refractivity contribution in [3.05, 3.63) is 0 Å². The van der Waals surface area contributed by atoms with Crippen molar-refractivity contribution < 1.29 is 9.47 Å². The van der Waals surface area contributed by atoms with Gasteiger partial charge in [0.25, 0.3) is 0 Å². The number of hydrogen-bond acceptors (Lipinski definition) is 2. The van der Waals surface area contributed by atoms with Gasteiger partial charge in [0.05, 0.1) is 25.4 Å². The lowest BCUT2D eigenvalue weighted by Crippen LogP contribution is -2.34. The minimum atomic E-state index is 0.628. The molecule has 3 aliphatic rings. The fourth-order valence-electron chi connectivity index (χ4n) is 2.08. The molecule has 10 heavy (non-hydrogen) atoms. The van der Waals surface area contributed by atoms with E-state index in [2.05, 4.69) is 0 Å². The Labute approximate surface area is 60.5 Å². The maximum absolute atomic E-state index is 5.27. The van der Waals surface area contributed by atoms with Crippen LogP contribution in [-0.4, -0.2) is 25.4 Å². The molecule has 2 heteroatoms. The van der Waals surface area contributed by atoms with E-state index in [-0.39, 0.29) is 0 Å². The maximum atomic E-state index is 5.27. The Morgan fingerprint density at radius 1 is 0.800 bits per heavy atom. The summed E-state index contributed by atoms with van der Waals surface area (Å²) in [6.07, 6.45) is 4.02. The fourth-order valence-corrected chi connectivity index (χ4v) is 2.08. The molecule has 2 heterocycles. The molecule has 2 aliphatic heterocycles. The Morgan fingerprint density at radius 2 is 1.20 bits per heavy atom. The van der Waals surface area contributed by atoms with Crippen molar-refractivity contribution in [1.82, 2.24) is 0 Å². The molecule has 4 unspecified atom stereocenters. The number of rotatable bonds is 2. The van der Waals surface area contributed by atoms with Crippen LogP contribution in [0.2, 0.25) is 0 Å². The molecule has 0 aromatic rings. The lowest BCUT2D eigenvalue weighted by atomic mass is 9.70. The van der Waals surface area contributed by atoms with Crippen molar-refractivity contribution in [3.8, 4) is 0 Å². The SMILES string of the molecule is C1OC1C1CCC1C1CO1. The third-order valence-corrected chi connectivity index (χ3v) is 3.06. The van der Waals surface area contributed by atoms with E-state index in [4.69, 9.17) is 9.47 Å². The first kappa shape index (κ1) is 5.56. The van der Waals surface area contributed by atoms with Crippen LogP contribution in [0.1, 0.15) is 12.8 Å². The summed E-state index contributed by atoms with van der Waals surface area (Å²) in [4.78, 5) is 0. The standard InChI is InChI=1S/C8H12O2/c1-2-6(8-4-10-8)5(1)7-3-9-7/h5-8H,1-4H2. The molecule has 3 fully saturated rings. The molecule has 3 rings (SSSR count). The largest absolute Gasteiger partial charge is 0.373 e. The average Bonchev–Trinajstić information content (AvgIpc) is 2.50. The summed E-state index contributed by atoms with van der Waals surface area (Å²) in [7, 11) is 0. The van der Waals surface area contributed by atoms with E-state index in [1.165, 1.54) is 12.8 Å². The van der Waals surface area contributed by atoms with E-state index >= 15 is 0 Å². The molecule has 2 saturated heterocycles. The fraction of sp³-hybridized carbons (Fsp3) is 1.00. The molecule has 56 valence electrons. The van der Waals surface area contributed by atoms with E-state index < -0.39 is 0 Å². The molecule has 0 aromatic carbocycles. The second-order valence-electron chi connectivity index (χ2n) is 3.65. The smallest absolute Gasteiger partial charge is 0.0841 e. The quantitative estimate of drug-likeness (QED) is 0.530. The van der Waals surface area contributed by atoms with E-state index in [0.717, 1.165) is 25.0 Å². The summed E-state index contributed by atoms with van der Waals surface area (Å²) in [5.41, 5.74) is 0. The van der Waals surface area contributed by atoms with E-state index in [1.807, 2.05) is 0 Å². The third kappa shape index (κ3) is 0.722. The summed E-state index contributed by atoms with van der Waals surface area (Å²) < 4.78 is 10.5. The maximum Gasteiger partial charge on any atom is 0.0841 e. The molecule has 2 nitrogen and oxygen atoms in total. The zero-order chi connectivity index (χ0) is 6.55. The number of epoxide rings is 2. The predicted octanol–water partition coefficient (Wildman–Crippen LogP) is 0.810. The van der Waals surface area contributed by atoms with E-state index in [0.29, 0.717) is 12.2 Å². The lowest BCUT2D eigenvalue weighted by Gasteiger charge is -2.34. The van der Waals surface area contributed by atoms with Gasteiger partial charge in [-0.05, 0) is 24.7 Å². The molecule has 0 N–H and O–H groups in total. The minimum absolute atomic E-state index is 0.628. The third-order valence-electron chi connectivity index (χ3n) is 3.06. The lowest BCUT2D eigenvalue weighted by molar-refractivity contribution is 0.102. The second kappa shape index (κ2) is 1.74. The van der Waals surface area contributed by atoms with Gasteiger partial charge in [-0.15, -0.1) is 0 Å². The van der Waals surface area contributed by atoms with Crippen molar-refractivity contribution in [1.29, 1.82) is 0 Å². The molecular formula is C8H12O2. The monoisotopic (exact) mass is 140 g/mol. The van der Waals surface area contributed by atoms with Gasteiger partial charge in [0.15, 0.2) is 0 Å². The van der Waals surface area contributed by atoms with Gasteiger partial charge in [-0.2, -0.15) is 0 Å². The molecule has 0 amide bonds. The molecule has 0 aromatic heterocycles. The zero-order valence-corrected chi connectivity index (χ0v) is 5.95. The van der Waals surface area contributed by atoms with Crippen LogP contribution in [0, 0.1) is 11.8 Å². The molecule has 0 spiro atoms. The normalized spacial score (nSPS) is 57.6. The van der Waals surface area contributed by atoms with Crippen molar-refractivity contribution >= 4 is 0 Å². The van der Waals surface area contributed by atoms with Crippen LogP contribution in [0.5, 0.6) is 0 Å². The van der Waals surface area contributed by atoms with Crippen LogP contribution >= 0.6 is 0 Å². The van der Waals surface area contributed by atoms with Crippen molar-refractivity contribution in [2.75, 3.05) is 13.2 Å². The number of ether oxygens (including phenoxy) is 2. The Morgan fingerprint density at radius 3 is 1.40 bits per heavy atom. The van der Waals surface area contributed by atoms with Crippen LogP contribution in [0.4, 0.5) is 0 Å². The number of hydrogen-bond donors (Lipinski definition) is 0. The summed E-state index contributed by atoms with van der Waals surface area (Å²) >= 11 is 0. The summed E-state index contributed by atoms with van der Waals surface area (Å²) in [6.45, 7) is 2.04. The highest BCUT2D eigenvalue weighted by molar-refractivity contribution is 4.97. The highest BCUT2D eigenvalue weighted by Crippen LogP contribution is 2.47. The summed E-state index contributed by atoms with van der Waals surface area (Å²) in [5, 5.41) is 0. The molecular weight excluding hydrogens is 128 g/mol. The van der Waals surface area contributed by atoms with Gasteiger partial charge >= 0.3 is 0 Å². The Kier molecular flexibility index (Phi) is 0.968. The second-order valence-corrected chi connectivity index (χ2v) is 3.65. The van der Waals surface area contributed by atoms with E-state index in [9.17, 15) is 0 Å². The van der Waals surface area contributed by atoms with Gasteiger partial charge in [-0.25, -0.2) is 0 Å². The predicted molar refractivity (Wildman–Crippen MR) is 35.7 cm³/mol. The molecule has 4 atom stereocenters. The van der Waals surface area contributed by atoms with Crippen molar-refractivity contribution in [2.45, 2.75) is 25.0 Å². The summed E-state index contributed by atoms with van der Waals surface area (Å²) in [5.74, 6) is 1.74. The van der Waals surface area contributed by atoms with Gasteiger partial charge in [-0.3, -0.25) is 0 Å². The van der Waals surface area contributed by atoms with E-state index in [1.54, 1.807) is 0 Å². The van der Waals surface area contributed by atoms with Gasteiger partial charge in [0, 0.05) is 0 Å². The van der Waals surface area contributed by atoms with Crippen LogP contribution in [0.3, 0.4) is 0 Å². The molecule has 1 saturated carbocycles. The minimum Gasteiger partial charge on any atom is -0.373 e. The van der Waals surface area contributed by atoms with Crippen LogP contribution in [0.15, 0.2) is 0 Å². The van der Waals surface area contributed by atoms with Crippen molar-refractivity contribution in [2.24, 2.45) is 11.8 Å². The Bertz CT molecular complexity index is 131. The topological polar surface area (TPSA) is 25.1 Å². The van der Waals surface area contributed by atoms with Gasteiger partial charge < -0.3 is 9.47 Å². The first-order chi connectivity index (χ1) is 4.95. The zero-order valence-electron chi connectivity index (χ0n) is 5.95. The van der Waals surface area contributed by atoms with Crippen LogP contribution < -0.4 is 0 Å². The van der Waals surface area contributed by atoms with Gasteiger partial charge in [-0.1, -0.05) is 0 Å². The van der Waals surface area contributed by atoms with Gasteiger partial charge in [0.1, 0.15) is 0 Å². The molecule has 0 bridgehead atoms. The molecule has 1 aliphatic carbocycles. The Balaban J connectivity index is 1.64.